The van der Waals surface area contributed by atoms with Crippen LogP contribution in [0.25, 0.3) is 0 Å². The van der Waals surface area contributed by atoms with Gasteiger partial charge in [-0.1, -0.05) is 29.4 Å². The van der Waals surface area contributed by atoms with Crippen molar-refractivity contribution in [1.29, 1.82) is 0 Å². The van der Waals surface area contributed by atoms with E-state index in [1.807, 2.05) is 0 Å². The summed E-state index contributed by atoms with van der Waals surface area (Å²) in [5.41, 5.74) is 0.329. The molecule has 1 aliphatic heterocycles. The topological polar surface area (TPSA) is 59.0 Å². The average molecular weight is 415 g/mol. The molecule has 0 bridgehead atoms. The van der Waals surface area contributed by atoms with Gasteiger partial charge in [-0.25, -0.2) is 17.1 Å². The molecule has 0 amide bonds. The summed E-state index contributed by atoms with van der Waals surface area (Å²) in [6.07, 6.45) is 0. The molecule has 9 heteroatoms. The van der Waals surface area contributed by atoms with Gasteiger partial charge in [0.15, 0.2) is 5.17 Å². The van der Waals surface area contributed by atoms with E-state index in [-0.39, 0.29) is 17.2 Å². The summed E-state index contributed by atoms with van der Waals surface area (Å²) in [5.74, 6) is 0.342. The van der Waals surface area contributed by atoms with E-state index in [1.54, 1.807) is 18.2 Å². The minimum absolute atomic E-state index is 0.150. The van der Waals surface area contributed by atoms with E-state index in [1.165, 1.54) is 35.7 Å². The summed E-state index contributed by atoms with van der Waals surface area (Å²) in [7, 11) is -2.22. The average Bonchev–Trinajstić information content (AvgIpc) is 3.11. The Balaban J connectivity index is 1.78. The number of hydrogen-bond donors (Lipinski definition) is 0. The number of nitrogens with zero attached hydrogens (tertiary/aromatic N) is 2. The first-order chi connectivity index (χ1) is 12.4. The number of hydrogen-bond acceptors (Lipinski definition) is 5. The largest absolute Gasteiger partial charge is 0.497 e. The zero-order valence-corrected chi connectivity index (χ0v) is 16.2. The van der Waals surface area contributed by atoms with Gasteiger partial charge in [-0.2, -0.15) is 0 Å². The summed E-state index contributed by atoms with van der Waals surface area (Å²) >= 11 is 7.18. The van der Waals surface area contributed by atoms with Gasteiger partial charge in [0.25, 0.3) is 10.0 Å². The number of aliphatic imine (C=N–C) groups is 1. The Morgan fingerprint density at radius 2 is 2.00 bits per heavy atom. The summed E-state index contributed by atoms with van der Waals surface area (Å²) in [6, 6.07) is 10.6. The first-order valence-electron chi connectivity index (χ1n) is 7.70. The van der Waals surface area contributed by atoms with Gasteiger partial charge in [0.1, 0.15) is 11.6 Å². The molecule has 0 unspecified atom stereocenters. The molecule has 2 aromatic carbocycles. The van der Waals surface area contributed by atoms with Crippen LogP contribution in [0.15, 0.2) is 52.4 Å². The van der Waals surface area contributed by atoms with Crippen molar-refractivity contribution in [2.75, 3.05) is 20.2 Å². The summed E-state index contributed by atoms with van der Waals surface area (Å²) in [5, 5.41) is 0.640. The zero-order chi connectivity index (χ0) is 18.7. The predicted octanol–water partition coefficient (Wildman–Crippen LogP) is 3.78. The smallest absolute Gasteiger partial charge is 0.265 e. The van der Waals surface area contributed by atoms with Crippen LogP contribution in [-0.4, -0.2) is 38.1 Å². The van der Waals surface area contributed by atoms with Gasteiger partial charge >= 0.3 is 0 Å². The molecule has 138 valence electrons. The lowest BCUT2D eigenvalue weighted by Crippen LogP contribution is -2.32. The maximum Gasteiger partial charge on any atom is 0.265 e. The normalized spacial score (nSPS) is 14.4. The first-order valence-corrected chi connectivity index (χ1v) is 10.5. The summed E-state index contributed by atoms with van der Waals surface area (Å²) < 4.78 is 46.0. The number of benzene rings is 2. The van der Waals surface area contributed by atoms with Crippen molar-refractivity contribution in [1.82, 2.24) is 4.31 Å². The van der Waals surface area contributed by atoms with Crippen LogP contribution < -0.4 is 4.74 Å². The van der Waals surface area contributed by atoms with Crippen molar-refractivity contribution in [2.24, 2.45) is 4.99 Å². The Kier molecular flexibility index (Phi) is 5.74. The number of thioether (sulfide) groups is 1. The Labute approximate surface area is 160 Å². The third kappa shape index (κ3) is 3.82. The Bertz CT molecular complexity index is 913. The van der Waals surface area contributed by atoms with Crippen LogP contribution in [0, 0.1) is 5.82 Å². The highest BCUT2D eigenvalue weighted by atomic mass is 35.5. The van der Waals surface area contributed by atoms with Gasteiger partial charge in [0, 0.05) is 16.3 Å². The second-order valence-corrected chi connectivity index (χ2v) is 8.62. The number of methoxy groups -OCH3 is 1. The van der Waals surface area contributed by atoms with E-state index in [0.717, 1.165) is 11.8 Å². The number of sulfonamides is 1. The minimum Gasteiger partial charge on any atom is -0.497 e. The molecule has 2 aromatic rings. The second-order valence-electron chi connectivity index (χ2n) is 5.41. The lowest BCUT2D eigenvalue weighted by molar-refractivity contribution is 0.414. The molecule has 0 fully saturated rings. The van der Waals surface area contributed by atoms with Crippen LogP contribution in [0.1, 0.15) is 5.56 Å². The lowest BCUT2D eigenvalue weighted by Gasteiger charge is -2.20. The highest BCUT2D eigenvalue weighted by Crippen LogP contribution is 2.29. The molecular weight excluding hydrogens is 399 g/mol. The van der Waals surface area contributed by atoms with Gasteiger partial charge in [-0.05, 0) is 36.4 Å². The second kappa shape index (κ2) is 7.85. The molecule has 0 saturated heterocycles. The highest BCUT2D eigenvalue weighted by molar-refractivity contribution is 8.14. The van der Waals surface area contributed by atoms with E-state index < -0.39 is 15.8 Å². The van der Waals surface area contributed by atoms with Crippen LogP contribution in [0.4, 0.5) is 4.39 Å². The monoisotopic (exact) mass is 414 g/mol. The van der Waals surface area contributed by atoms with Gasteiger partial charge in [0.2, 0.25) is 0 Å². The Hall–Kier alpha value is -1.77. The molecular formula is C17H16ClFN2O3S2. The SMILES string of the molecule is COc1ccc(S(=O)(=O)N2CCN=C2SCc2c(F)cccc2Cl)cc1. The first kappa shape index (κ1) is 19.0. The molecule has 1 aliphatic rings. The third-order valence-electron chi connectivity index (χ3n) is 3.82. The number of amidine groups is 1. The van der Waals surface area contributed by atoms with Crippen LogP contribution in [-0.2, 0) is 15.8 Å². The molecule has 26 heavy (non-hydrogen) atoms. The van der Waals surface area contributed by atoms with Crippen LogP contribution >= 0.6 is 23.4 Å². The molecule has 0 aliphatic carbocycles. The van der Waals surface area contributed by atoms with Crippen LogP contribution in [0.3, 0.4) is 0 Å². The zero-order valence-electron chi connectivity index (χ0n) is 13.9. The lowest BCUT2D eigenvalue weighted by atomic mass is 10.2. The van der Waals surface area contributed by atoms with Crippen LogP contribution in [0.5, 0.6) is 5.75 Å². The van der Waals surface area contributed by atoms with E-state index in [4.69, 9.17) is 16.3 Å². The molecule has 0 N–H and O–H groups in total. The maximum absolute atomic E-state index is 13.9. The highest BCUT2D eigenvalue weighted by Gasteiger charge is 2.31. The maximum atomic E-state index is 13.9. The fourth-order valence-electron chi connectivity index (χ4n) is 2.43. The Morgan fingerprint density at radius 3 is 2.65 bits per heavy atom. The van der Waals surface area contributed by atoms with E-state index in [2.05, 4.69) is 4.99 Å². The van der Waals surface area contributed by atoms with Crippen molar-refractivity contribution < 1.29 is 17.5 Å². The van der Waals surface area contributed by atoms with Crippen molar-refractivity contribution in [2.45, 2.75) is 10.6 Å². The molecule has 0 saturated carbocycles. The van der Waals surface area contributed by atoms with Gasteiger partial charge in [-0.15, -0.1) is 0 Å². The van der Waals surface area contributed by atoms with Crippen LogP contribution in [0.2, 0.25) is 5.02 Å². The number of rotatable bonds is 5. The molecule has 0 spiro atoms. The van der Waals surface area contributed by atoms with Crippen molar-refractivity contribution >= 4 is 38.6 Å². The van der Waals surface area contributed by atoms with E-state index >= 15 is 0 Å². The summed E-state index contributed by atoms with van der Waals surface area (Å²) in [4.78, 5) is 4.40. The predicted molar refractivity (Wildman–Crippen MR) is 102 cm³/mol. The van der Waals surface area contributed by atoms with Gasteiger partial charge in [-0.3, -0.25) is 4.99 Å². The van der Waals surface area contributed by atoms with Crippen molar-refractivity contribution in [3.63, 3.8) is 0 Å². The number of halogens is 2. The molecule has 0 radical (unpaired) electrons. The molecule has 0 aromatic heterocycles. The fourth-order valence-corrected chi connectivity index (χ4v) is 5.50. The molecule has 3 rings (SSSR count). The van der Waals surface area contributed by atoms with Crippen molar-refractivity contribution in [3.8, 4) is 5.75 Å². The molecule has 5 nitrogen and oxygen atoms in total. The Morgan fingerprint density at radius 1 is 1.27 bits per heavy atom. The van der Waals surface area contributed by atoms with E-state index in [0.29, 0.717) is 28.0 Å². The third-order valence-corrected chi connectivity index (χ3v) is 7.13. The van der Waals surface area contributed by atoms with Gasteiger partial charge < -0.3 is 4.74 Å². The van der Waals surface area contributed by atoms with Gasteiger partial charge in [0.05, 0.1) is 25.1 Å². The van der Waals surface area contributed by atoms with E-state index in [9.17, 15) is 12.8 Å². The standard InChI is InChI=1S/C17H16ClFN2O3S2/c1-24-12-5-7-13(8-6-12)26(22,23)21-10-9-20-17(21)25-11-14-15(18)3-2-4-16(14)19/h2-8H,9-11H2,1H3. The number of ether oxygens (including phenoxy) is 1. The summed E-state index contributed by atoms with van der Waals surface area (Å²) in [6.45, 7) is 0.615. The molecule has 0 atom stereocenters. The minimum atomic E-state index is -3.74. The fraction of sp³-hybridized carbons (Fsp3) is 0.235. The molecule has 1 heterocycles. The quantitative estimate of drug-likeness (QED) is 0.747. The van der Waals surface area contributed by atoms with Crippen molar-refractivity contribution in [3.05, 3.63) is 58.9 Å².